The molecule has 0 bridgehead atoms. The minimum atomic E-state index is 0.495. The number of ether oxygens (including phenoxy) is 1. The molecule has 0 aliphatic heterocycles. The molecular formula is C7H17NO. The summed E-state index contributed by atoms with van der Waals surface area (Å²) in [6.07, 6.45) is 0. The van der Waals surface area contributed by atoms with Gasteiger partial charge in [-0.3, -0.25) is 0 Å². The Hall–Kier alpha value is -0.0800. The second-order valence-electron chi connectivity index (χ2n) is 2.12. The van der Waals surface area contributed by atoms with E-state index in [1.165, 1.54) is 0 Å². The van der Waals surface area contributed by atoms with E-state index in [4.69, 9.17) is 4.74 Å². The van der Waals surface area contributed by atoms with E-state index in [0.717, 1.165) is 19.8 Å². The molecule has 0 spiro atoms. The second-order valence-corrected chi connectivity index (χ2v) is 2.12. The van der Waals surface area contributed by atoms with Gasteiger partial charge in [0.15, 0.2) is 0 Å². The summed E-state index contributed by atoms with van der Waals surface area (Å²) in [5.41, 5.74) is 0. The van der Waals surface area contributed by atoms with Crippen molar-refractivity contribution in [3.63, 3.8) is 0 Å². The molecule has 1 N–H and O–H groups in total. The van der Waals surface area contributed by atoms with E-state index in [9.17, 15) is 0 Å². The molecule has 0 rings (SSSR count). The van der Waals surface area contributed by atoms with Crippen LogP contribution in [0.4, 0.5) is 0 Å². The average Bonchev–Trinajstić information content (AvgIpc) is 1.85. The second kappa shape index (κ2) is 6.05. The van der Waals surface area contributed by atoms with Crippen molar-refractivity contribution in [2.45, 2.75) is 26.8 Å². The van der Waals surface area contributed by atoms with Crippen molar-refractivity contribution in [2.75, 3.05) is 19.8 Å². The summed E-state index contributed by atoms with van der Waals surface area (Å²) in [5, 5.41) is 3.26. The van der Waals surface area contributed by atoms with Crippen molar-refractivity contribution < 1.29 is 4.74 Å². The van der Waals surface area contributed by atoms with Gasteiger partial charge in [0.05, 0.1) is 6.61 Å². The molecule has 1 unspecified atom stereocenters. The average molecular weight is 131 g/mol. The molecule has 0 saturated heterocycles. The van der Waals surface area contributed by atoms with Crippen LogP contribution in [0.25, 0.3) is 0 Å². The fraction of sp³-hybridized carbons (Fsp3) is 1.00. The Labute approximate surface area is 57.6 Å². The molecule has 0 aromatic heterocycles. The summed E-state index contributed by atoms with van der Waals surface area (Å²) in [6, 6.07) is 0.495. The van der Waals surface area contributed by atoms with E-state index in [2.05, 4.69) is 19.2 Å². The maximum atomic E-state index is 5.19. The van der Waals surface area contributed by atoms with Gasteiger partial charge < -0.3 is 10.1 Å². The zero-order valence-corrected chi connectivity index (χ0v) is 6.61. The van der Waals surface area contributed by atoms with Gasteiger partial charge in [-0.15, -0.1) is 0 Å². The smallest absolute Gasteiger partial charge is 0.0616 e. The maximum absolute atomic E-state index is 5.19. The Morgan fingerprint density at radius 2 is 2.11 bits per heavy atom. The van der Waals surface area contributed by atoms with Gasteiger partial charge in [0.2, 0.25) is 0 Å². The van der Waals surface area contributed by atoms with E-state index >= 15 is 0 Å². The molecule has 0 fully saturated rings. The largest absolute Gasteiger partial charge is 0.380 e. The van der Waals surface area contributed by atoms with Crippen molar-refractivity contribution in [3.8, 4) is 0 Å². The SMILES string of the molecule is CCNC(C)COCC. The molecule has 0 radical (unpaired) electrons. The monoisotopic (exact) mass is 131 g/mol. The first-order valence-electron chi connectivity index (χ1n) is 3.62. The third kappa shape index (κ3) is 5.80. The van der Waals surface area contributed by atoms with Gasteiger partial charge in [0.1, 0.15) is 0 Å². The van der Waals surface area contributed by atoms with Crippen LogP contribution in [0.2, 0.25) is 0 Å². The first kappa shape index (κ1) is 8.92. The molecule has 0 amide bonds. The standard InChI is InChI=1S/C7H17NO/c1-4-8-7(3)6-9-5-2/h7-8H,4-6H2,1-3H3. The highest BCUT2D eigenvalue weighted by atomic mass is 16.5. The summed E-state index contributed by atoms with van der Waals surface area (Å²) in [7, 11) is 0. The summed E-state index contributed by atoms with van der Waals surface area (Å²) in [5.74, 6) is 0. The first-order chi connectivity index (χ1) is 4.31. The number of hydrogen-bond acceptors (Lipinski definition) is 2. The zero-order valence-electron chi connectivity index (χ0n) is 6.61. The molecular weight excluding hydrogens is 114 g/mol. The Bertz CT molecular complexity index is 56.9. The highest BCUT2D eigenvalue weighted by molar-refractivity contribution is 4.55. The van der Waals surface area contributed by atoms with Crippen LogP contribution in [0.3, 0.4) is 0 Å². The van der Waals surface area contributed by atoms with Crippen molar-refractivity contribution >= 4 is 0 Å². The maximum Gasteiger partial charge on any atom is 0.0616 e. The molecule has 1 atom stereocenters. The summed E-state index contributed by atoms with van der Waals surface area (Å²) in [4.78, 5) is 0. The lowest BCUT2D eigenvalue weighted by Gasteiger charge is -2.10. The molecule has 0 saturated carbocycles. The molecule has 9 heavy (non-hydrogen) atoms. The highest BCUT2D eigenvalue weighted by Gasteiger charge is 1.95. The summed E-state index contributed by atoms with van der Waals surface area (Å²) >= 11 is 0. The van der Waals surface area contributed by atoms with Gasteiger partial charge in [-0.2, -0.15) is 0 Å². The van der Waals surface area contributed by atoms with Crippen molar-refractivity contribution in [2.24, 2.45) is 0 Å². The van der Waals surface area contributed by atoms with Gasteiger partial charge >= 0.3 is 0 Å². The molecule has 0 aliphatic rings. The fourth-order valence-electron chi connectivity index (χ4n) is 0.702. The van der Waals surface area contributed by atoms with Crippen LogP contribution in [-0.2, 0) is 4.74 Å². The van der Waals surface area contributed by atoms with Gasteiger partial charge in [-0.25, -0.2) is 0 Å². The fourth-order valence-corrected chi connectivity index (χ4v) is 0.702. The lowest BCUT2D eigenvalue weighted by atomic mass is 10.4. The molecule has 0 heterocycles. The van der Waals surface area contributed by atoms with Crippen LogP contribution < -0.4 is 5.32 Å². The van der Waals surface area contributed by atoms with Crippen molar-refractivity contribution in [3.05, 3.63) is 0 Å². The number of rotatable bonds is 5. The Morgan fingerprint density at radius 3 is 2.56 bits per heavy atom. The van der Waals surface area contributed by atoms with Gasteiger partial charge in [0.25, 0.3) is 0 Å². The molecule has 2 heteroatoms. The van der Waals surface area contributed by atoms with E-state index in [1.807, 2.05) is 6.92 Å². The zero-order chi connectivity index (χ0) is 7.11. The van der Waals surface area contributed by atoms with Gasteiger partial charge in [-0.05, 0) is 20.4 Å². The van der Waals surface area contributed by atoms with Crippen LogP contribution >= 0.6 is 0 Å². The molecule has 56 valence electrons. The molecule has 0 aromatic rings. The topological polar surface area (TPSA) is 21.3 Å². The molecule has 2 nitrogen and oxygen atoms in total. The minimum Gasteiger partial charge on any atom is -0.380 e. The van der Waals surface area contributed by atoms with E-state index in [0.29, 0.717) is 6.04 Å². The predicted molar refractivity (Wildman–Crippen MR) is 39.6 cm³/mol. The van der Waals surface area contributed by atoms with Crippen LogP contribution in [0.1, 0.15) is 20.8 Å². The predicted octanol–water partition coefficient (Wildman–Crippen LogP) is 1.02. The van der Waals surface area contributed by atoms with Crippen LogP contribution in [0.15, 0.2) is 0 Å². The van der Waals surface area contributed by atoms with Gasteiger partial charge in [0, 0.05) is 12.6 Å². The quantitative estimate of drug-likeness (QED) is 0.601. The summed E-state index contributed by atoms with van der Waals surface area (Å²) < 4.78 is 5.19. The van der Waals surface area contributed by atoms with Crippen molar-refractivity contribution in [1.29, 1.82) is 0 Å². The minimum absolute atomic E-state index is 0.495. The van der Waals surface area contributed by atoms with Gasteiger partial charge in [-0.1, -0.05) is 6.92 Å². The third-order valence-electron chi connectivity index (χ3n) is 1.12. The number of nitrogens with one attached hydrogen (secondary N) is 1. The Morgan fingerprint density at radius 1 is 1.44 bits per heavy atom. The molecule has 0 aromatic carbocycles. The van der Waals surface area contributed by atoms with Crippen LogP contribution in [0, 0.1) is 0 Å². The molecule has 0 aliphatic carbocycles. The Balaban J connectivity index is 2.95. The summed E-state index contributed by atoms with van der Waals surface area (Å²) in [6.45, 7) is 8.90. The normalized spacial score (nSPS) is 13.7. The highest BCUT2D eigenvalue weighted by Crippen LogP contribution is 1.81. The van der Waals surface area contributed by atoms with Crippen molar-refractivity contribution in [1.82, 2.24) is 5.32 Å². The lowest BCUT2D eigenvalue weighted by Crippen LogP contribution is -2.30. The van der Waals surface area contributed by atoms with E-state index in [-0.39, 0.29) is 0 Å². The number of likely N-dealkylation sites (N-methyl/N-ethyl adjacent to an activating group) is 1. The first-order valence-corrected chi connectivity index (χ1v) is 3.62. The van der Waals surface area contributed by atoms with E-state index in [1.54, 1.807) is 0 Å². The number of hydrogen-bond donors (Lipinski definition) is 1. The third-order valence-corrected chi connectivity index (χ3v) is 1.12. The lowest BCUT2D eigenvalue weighted by molar-refractivity contribution is 0.128. The van der Waals surface area contributed by atoms with Crippen LogP contribution in [0.5, 0.6) is 0 Å². The van der Waals surface area contributed by atoms with Crippen LogP contribution in [-0.4, -0.2) is 25.8 Å². The Kier molecular flexibility index (Phi) is 5.99. The van der Waals surface area contributed by atoms with E-state index < -0.39 is 0 Å².